The summed E-state index contributed by atoms with van der Waals surface area (Å²) in [6.45, 7) is 1.21. The van der Waals surface area contributed by atoms with Crippen LogP contribution in [0.1, 0.15) is 11.7 Å². The fraction of sp³-hybridized carbons (Fsp3) is 0.444. The largest absolute Gasteiger partial charge is 0.481 e. The lowest BCUT2D eigenvalue weighted by molar-refractivity contribution is -0.141. The Kier molecular flexibility index (Phi) is 2.06. The van der Waals surface area contributed by atoms with E-state index in [0.717, 1.165) is 5.76 Å². The lowest BCUT2D eigenvalue weighted by Crippen LogP contribution is -2.20. The van der Waals surface area contributed by atoms with E-state index in [0.29, 0.717) is 13.1 Å². The minimum Gasteiger partial charge on any atom is -0.481 e. The predicted octanol–water partition coefficient (Wildman–Crippen LogP) is 0.667. The normalized spacial score (nSPS) is 27.7. The minimum absolute atomic E-state index is 0.0208. The van der Waals surface area contributed by atoms with Crippen molar-refractivity contribution in [1.29, 1.82) is 0 Å². The van der Waals surface area contributed by atoms with E-state index in [4.69, 9.17) is 9.52 Å². The van der Waals surface area contributed by atoms with Gasteiger partial charge >= 0.3 is 5.97 Å². The van der Waals surface area contributed by atoms with Gasteiger partial charge in [-0.25, -0.2) is 0 Å². The maximum absolute atomic E-state index is 10.8. The molecular weight excluding hydrogens is 170 g/mol. The number of hydrogen-bond donors (Lipinski definition) is 2. The van der Waals surface area contributed by atoms with Crippen molar-refractivity contribution in [2.75, 3.05) is 13.1 Å². The van der Waals surface area contributed by atoms with Crippen molar-refractivity contribution in [3.8, 4) is 0 Å². The molecule has 0 bridgehead atoms. The standard InChI is InChI=1S/C9H11NO3/c11-9(12)7-5-10-4-6(7)8-2-1-3-13-8/h1-3,6-7,10H,4-5H2,(H,11,12)/t6-,7+/m1/s1. The number of carbonyl (C=O) groups is 1. The van der Waals surface area contributed by atoms with E-state index in [-0.39, 0.29) is 11.8 Å². The molecule has 1 saturated heterocycles. The van der Waals surface area contributed by atoms with E-state index in [1.165, 1.54) is 0 Å². The molecule has 1 fully saturated rings. The molecule has 0 spiro atoms. The Morgan fingerprint density at radius 1 is 1.62 bits per heavy atom. The van der Waals surface area contributed by atoms with Gasteiger partial charge in [-0.3, -0.25) is 4.79 Å². The molecule has 0 aliphatic carbocycles. The smallest absolute Gasteiger partial charge is 0.308 e. The molecule has 0 unspecified atom stereocenters. The van der Waals surface area contributed by atoms with Crippen molar-refractivity contribution in [2.24, 2.45) is 5.92 Å². The van der Waals surface area contributed by atoms with Crippen molar-refractivity contribution in [3.05, 3.63) is 24.2 Å². The third-order valence-electron chi connectivity index (χ3n) is 2.44. The third kappa shape index (κ3) is 1.45. The Bertz CT molecular complexity index is 294. The van der Waals surface area contributed by atoms with Crippen LogP contribution in [0.25, 0.3) is 0 Å². The molecule has 1 aromatic heterocycles. The van der Waals surface area contributed by atoms with Gasteiger partial charge in [-0.15, -0.1) is 0 Å². The Labute approximate surface area is 75.6 Å². The van der Waals surface area contributed by atoms with Crippen LogP contribution in [-0.2, 0) is 4.79 Å². The summed E-state index contributed by atoms with van der Waals surface area (Å²) in [4.78, 5) is 10.8. The quantitative estimate of drug-likeness (QED) is 0.703. The molecule has 2 heterocycles. The predicted molar refractivity (Wildman–Crippen MR) is 45.4 cm³/mol. The highest BCUT2D eigenvalue weighted by atomic mass is 16.4. The van der Waals surface area contributed by atoms with E-state index < -0.39 is 5.97 Å². The molecular formula is C9H11NO3. The van der Waals surface area contributed by atoms with E-state index >= 15 is 0 Å². The molecule has 4 nitrogen and oxygen atoms in total. The van der Waals surface area contributed by atoms with Crippen molar-refractivity contribution < 1.29 is 14.3 Å². The first-order chi connectivity index (χ1) is 6.29. The van der Waals surface area contributed by atoms with Crippen LogP contribution in [-0.4, -0.2) is 24.2 Å². The summed E-state index contributed by atoms with van der Waals surface area (Å²) in [5.74, 6) is -0.373. The number of hydrogen-bond acceptors (Lipinski definition) is 3. The van der Waals surface area contributed by atoms with Gasteiger partial charge < -0.3 is 14.8 Å². The maximum Gasteiger partial charge on any atom is 0.308 e. The topological polar surface area (TPSA) is 62.5 Å². The number of furan rings is 1. The Hall–Kier alpha value is -1.29. The Morgan fingerprint density at radius 3 is 3.08 bits per heavy atom. The highest BCUT2D eigenvalue weighted by molar-refractivity contribution is 5.72. The number of carboxylic acid groups (broad SMARTS) is 1. The van der Waals surface area contributed by atoms with Crippen LogP contribution >= 0.6 is 0 Å². The van der Waals surface area contributed by atoms with E-state index in [2.05, 4.69) is 5.32 Å². The summed E-state index contributed by atoms with van der Waals surface area (Å²) in [6.07, 6.45) is 1.58. The molecule has 0 saturated carbocycles. The number of nitrogens with one attached hydrogen (secondary N) is 1. The van der Waals surface area contributed by atoms with Crippen LogP contribution in [0, 0.1) is 5.92 Å². The van der Waals surface area contributed by atoms with Gasteiger partial charge in [-0.1, -0.05) is 0 Å². The first kappa shape index (κ1) is 8.31. The van der Waals surface area contributed by atoms with Crippen LogP contribution < -0.4 is 5.32 Å². The molecule has 0 radical (unpaired) electrons. The summed E-state index contributed by atoms with van der Waals surface area (Å²) in [5, 5.41) is 12.0. The summed E-state index contributed by atoms with van der Waals surface area (Å²) in [5.41, 5.74) is 0. The van der Waals surface area contributed by atoms with Gasteiger partial charge in [-0.2, -0.15) is 0 Å². The highest BCUT2D eigenvalue weighted by Gasteiger charge is 2.35. The second-order valence-corrected chi connectivity index (χ2v) is 3.22. The second-order valence-electron chi connectivity index (χ2n) is 3.22. The van der Waals surface area contributed by atoms with Crippen molar-refractivity contribution in [1.82, 2.24) is 5.32 Å². The van der Waals surface area contributed by atoms with Crippen LogP contribution in [0.4, 0.5) is 0 Å². The highest BCUT2D eigenvalue weighted by Crippen LogP contribution is 2.28. The number of aliphatic carboxylic acids is 1. The zero-order valence-corrected chi connectivity index (χ0v) is 7.06. The second kappa shape index (κ2) is 3.22. The summed E-state index contributed by atoms with van der Waals surface area (Å²) in [6, 6.07) is 3.61. The zero-order valence-electron chi connectivity index (χ0n) is 7.06. The molecule has 4 heteroatoms. The molecule has 2 rings (SSSR count). The van der Waals surface area contributed by atoms with Gasteiger partial charge in [0.15, 0.2) is 0 Å². The molecule has 70 valence electrons. The molecule has 1 aliphatic rings. The van der Waals surface area contributed by atoms with Crippen LogP contribution in [0.5, 0.6) is 0 Å². The summed E-state index contributed by atoms with van der Waals surface area (Å²) in [7, 11) is 0. The summed E-state index contributed by atoms with van der Waals surface area (Å²) >= 11 is 0. The number of rotatable bonds is 2. The zero-order chi connectivity index (χ0) is 9.26. The Morgan fingerprint density at radius 2 is 2.46 bits per heavy atom. The molecule has 2 atom stereocenters. The lowest BCUT2D eigenvalue weighted by atomic mass is 9.94. The monoisotopic (exact) mass is 181 g/mol. The van der Waals surface area contributed by atoms with Crippen molar-refractivity contribution >= 4 is 5.97 Å². The molecule has 1 aliphatic heterocycles. The maximum atomic E-state index is 10.8. The van der Waals surface area contributed by atoms with Crippen LogP contribution in [0.3, 0.4) is 0 Å². The van der Waals surface area contributed by atoms with Crippen molar-refractivity contribution in [3.63, 3.8) is 0 Å². The SMILES string of the molecule is O=C(O)[C@H]1CNC[C@H]1c1ccco1. The first-order valence-corrected chi connectivity index (χ1v) is 4.26. The minimum atomic E-state index is -0.758. The third-order valence-corrected chi connectivity index (χ3v) is 2.44. The summed E-state index contributed by atoms with van der Waals surface area (Å²) < 4.78 is 5.19. The van der Waals surface area contributed by atoms with E-state index in [1.807, 2.05) is 6.07 Å². The average molecular weight is 181 g/mol. The van der Waals surface area contributed by atoms with Gasteiger partial charge in [-0.05, 0) is 12.1 Å². The fourth-order valence-electron chi connectivity index (χ4n) is 1.74. The number of carboxylic acids is 1. The first-order valence-electron chi connectivity index (χ1n) is 4.26. The lowest BCUT2D eigenvalue weighted by Gasteiger charge is -2.10. The molecule has 13 heavy (non-hydrogen) atoms. The van der Waals surface area contributed by atoms with Gasteiger partial charge in [0.25, 0.3) is 0 Å². The Balaban J connectivity index is 2.19. The average Bonchev–Trinajstić information content (AvgIpc) is 2.74. The van der Waals surface area contributed by atoms with Crippen LogP contribution in [0.2, 0.25) is 0 Å². The van der Waals surface area contributed by atoms with E-state index in [9.17, 15) is 4.79 Å². The molecule has 0 amide bonds. The van der Waals surface area contributed by atoms with Gasteiger partial charge in [0, 0.05) is 19.0 Å². The van der Waals surface area contributed by atoms with Gasteiger partial charge in [0.05, 0.1) is 12.2 Å². The fourth-order valence-corrected chi connectivity index (χ4v) is 1.74. The van der Waals surface area contributed by atoms with Crippen molar-refractivity contribution in [2.45, 2.75) is 5.92 Å². The van der Waals surface area contributed by atoms with E-state index in [1.54, 1.807) is 12.3 Å². The molecule has 1 aromatic rings. The van der Waals surface area contributed by atoms with Gasteiger partial charge in [0.1, 0.15) is 5.76 Å². The molecule has 0 aromatic carbocycles. The molecule has 2 N–H and O–H groups in total. The van der Waals surface area contributed by atoms with Gasteiger partial charge in [0.2, 0.25) is 0 Å². The van der Waals surface area contributed by atoms with Crippen LogP contribution in [0.15, 0.2) is 22.8 Å².